The summed E-state index contributed by atoms with van der Waals surface area (Å²) in [7, 11) is 0. The molecule has 0 saturated carbocycles. The molecular weight excluding hydrogens is 505 g/mol. The Kier molecular flexibility index (Phi) is 10.6. The molecule has 0 radical (unpaired) electrons. The molecule has 1 aromatic carbocycles. The Morgan fingerprint density at radius 1 is 0.838 bits per heavy atom. The van der Waals surface area contributed by atoms with Crippen molar-refractivity contribution >= 4 is 30.0 Å². The van der Waals surface area contributed by atoms with Gasteiger partial charge in [-0.15, -0.1) is 0 Å². The van der Waals surface area contributed by atoms with E-state index in [0.717, 1.165) is 39.8 Å². The van der Waals surface area contributed by atoms with Crippen molar-refractivity contribution in [1.29, 1.82) is 0 Å². The van der Waals surface area contributed by atoms with Crippen LogP contribution in [0, 0.1) is 0 Å². The Balaban J connectivity index is 2.25. The number of carbonyl (C=O) groups excluding carboxylic acids is 4. The summed E-state index contributed by atoms with van der Waals surface area (Å²) in [6.45, 7) is 3.86. The van der Waals surface area contributed by atoms with E-state index in [4.69, 9.17) is 28.4 Å². The number of carbonyl (C=O) groups is 4. The number of benzene rings is 1. The third-order valence-corrected chi connectivity index (χ3v) is 4.85. The molecule has 0 bridgehead atoms. The maximum absolute atomic E-state index is 12.7. The third kappa shape index (κ3) is 9.50. The lowest BCUT2D eigenvalue weighted by Crippen LogP contribution is -2.62. The second-order valence-electron chi connectivity index (χ2n) is 7.92. The van der Waals surface area contributed by atoms with Gasteiger partial charge in [-0.2, -0.15) is 13.2 Å². The van der Waals surface area contributed by atoms with Gasteiger partial charge in [0.25, 0.3) is 0 Å². The monoisotopic (exact) mass is 532 g/mol. The van der Waals surface area contributed by atoms with Crippen molar-refractivity contribution in [1.82, 2.24) is 0 Å². The van der Waals surface area contributed by atoms with E-state index in [0.29, 0.717) is 5.56 Å². The van der Waals surface area contributed by atoms with Crippen molar-refractivity contribution in [2.75, 3.05) is 13.2 Å². The second-order valence-corrected chi connectivity index (χ2v) is 7.92. The molecule has 0 aliphatic carbocycles. The molecule has 0 N–H and O–H groups in total. The van der Waals surface area contributed by atoms with E-state index in [-0.39, 0.29) is 6.61 Å². The highest BCUT2D eigenvalue weighted by Gasteiger charge is 2.52. The van der Waals surface area contributed by atoms with Gasteiger partial charge in [0, 0.05) is 27.7 Å². The summed E-state index contributed by atoms with van der Waals surface area (Å²) >= 11 is 0. The van der Waals surface area contributed by atoms with Gasteiger partial charge in [0.05, 0.1) is 12.2 Å². The van der Waals surface area contributed by atoms with Crippen molar-refractivity contribution in [2.24, 2.45) is 0 Å². The third-order valence-electron chi connectivity index (χ3n) is 4.85. The first-order valence-corrected chi connectivity index (χ1v) is 11.0. The van der Waals surface area contributed by atoms with E-state index in [1.165, 1.54) is 24.3 Å². The van der Waals surface area contributed by atoms with Crippen LogP contribution in [0.4, 0.5) is 13.2 Å². The van der Waals surface area contributed by atoms with Gasteiger partial charge in [-0.3, -0.25) is 19.2 Å². The zero-order chi connectivity index (χ0) is 27.8. The lowest BCUT2D eigenvalue weighted by atomic mass is 9.98. The SMILES string of the molecule is CC(=O)OCC1O[C@@H](OC/C=C/c2ccc(C(F)(F)F)cc2)C(OC(C)=O)C(OC(C)=O)[C@@H]1OC(C)=O. The largest absolute Gasteiger partial charge is 0.463 e. The van der Waals surface area contributed by atoms with Crippen molar-refractivity contribution < 1.29 is 60.8 Å². The Morgan fingerprint density at radius 3 is 1.89 bits per heavy atom. The highest BCUT2D eigenvalue weighted by molar-refractivity contribution is 5.68. The molecule has 0 aromatic heterocycles. The first-order valence-electron chi connectivity index (χ1n) is 11.0. The van der Waals surface area contributed by atoms with Crippen LogP contribution < -0.4 is 0 Å². The highest BCUT2D eigenvalue weighted by Crippen LogP contribution is 2.31. The quantitative estimate of drug-likeness (QED) is 0.346. The van der Waals surface area contributed by atoms with Crippen LogP contribution in [-0.2, 0) is 53.8 Å². The van der Waals surface area contributed by atoms with E-state index in [9.17, 15) is 32.3 Å². The zero-order valence-corrected chi connectivity index (χ0v) is 20.5. The molecule has 1 heterocycles. The lowest BCUT2D eigenvalue weighted by molar-refractivity contribution is -0.305. The summed E-state index contributed by atoms with van der Waals surface area (Å²) in [5.41, 5.74) is -0.337. The van der Waals surface area contributed by atoms with Crippen LogP contribution in [-0.4, -0.2) is 67.8 Å². The fourth-order valence-corrected chi connectivity index (χ4v) is 3.44. The van der Waals surface area contributed by atoms with Gasteiger partial charge in [0.1, 0.15) is 12.7 Å². The molecule has 204 valence electrons. The smallest absolute Gasteiger partial charge is 0.416 e. The molecule has 3 unspecified atom stereocenters. The summed E-state index contributed by atoms with van der Waals surface area (Å²) in [5.74, 6) is -2.99. The molecule has 37 heavy (non-hydrogen) atoms. The van der Waals surface area contributed by atoms with Gasteiger partial charge in [-0.25, -0.2) is 0 Å². The van der Waals surface area contributed by atoms with Gasteiger partial charge in [0.2, 0.25) is 0 Å². The van der Waals surface area contributed by atoms with Gasteiger partial charge < -0.3 is 28.4 Å². The molecule has 13 heteroatoms. The summed E-state index contributed by atoms with van der Waals surface area (Å²) < 4.78 is 70.4. The van der Waals surface area contributed by atoms with Crippen LogP contribution in [0.3, 0.4) is 0 Å². The van der Waals surface area contributed by atoms with Crippen LogP contribution in [0.15, 0.2) is 30.3 Å². The van der Waals surface area contributed by atoms with E-state index >= 15 is 0 Å². The van der Waals surface area contributed by atoms with Crippen molar-refractivity contribution in [3.63, 3.8) is 0 Å². The molecular formula is C24H27F3O10. The average Bonchev–Trinajstić information content (AvgIpc) is 2.77. The summed E-state index contributed by atoms with van der Waals surface area (Å²) in [5, 5.41) is 0. The van der Waals surface area contributed by atoms with Gasteiger partial charge in [-0.1, -0.05) is 24.3 Å². The summed E-state index contributed by atoms with van der Waals surface area (Å²) in [4.78, 5) is 46.7. The molecule has 5 atom stereocenters. The first kappa shape index (κ1) is 29.8. The predicted molar refractivity (Wildman–Crippen MR) is 118 cm³/mol. The fraction of sp³-hybridized carbons (Fsp3) is 0.500. The molecule has 10 nitrogen and oxygen atoms in total. The van der Waals surface area contributed by atoms with Crippen LogP contribution in [0.5, 0.6) is 0 Å². The zero-order valence-electron chi connectivity index (χ0n) is 20.5. The number of hydrogen-bond acceptors (Lipinski definition) is 10. The van der Waals surface area contributed by atoms with Crippen LogP contribution in [0.25, 0.3) is 6.08 Å². The van der Waals surface area contributed by atoms with E-state index in [1.807, 2.05) is 0 Å². The van der Waals surface area contributed by atoms with Gasteiger partial charge in [0.15, 0.2) is 24.6 Å². The van der Waals surface area contributed by atoms with Gasteiger partial charge in [-0.05, 0) is 17.7 Å². The molecule has 1 fully saturated rings. The second kappa shape index (κ2) is 13.2. The maximum atomic E-state index is 12.7. The molecule has 0 amide bonds. The number of alkyl halides is 3. The Hall–Kier alpha value is -3.45. The lowest BCUT2D eigenvalue weighted by Gasteiger charge is -2.43. The van der Waals surface area contributed by atoms with E-state index in [2.05, 4.69) is 0 Å². The Morgan fingerprint density at radius 2 is 1.38 bits per heavy atom. The molecule has 1 aromatic rings. The standard InChI is InChI=1S/C24H27F3O10/c1-13(28)33-12-19-20(34-14(2)29)21(35-15(3)30)22(36-16(4)31)23(37-19)32-11-5-6-17-7-9-18(10-8-17)24(25,26)27/h5-10,19-23H,11-12H2,1-4H3/b6-5+/t19?,20-,21?,22?,23-/m1/s1. The van der Waals surface area contributed by atoms with Gasteiger partial charge >= 0.3 is 30.1 Å². The van der Waals surface area contributed by atoms with E-state index in [1.54, 1.807) is 0 Å². The molecule has 1 saturated heterocycles. The van der Waals surface area contributed by atoms with Crippen LogP contribution in [0.1, 0.15) is 38.8 Å². The Labute approximate surface area is 210 Å². The number of halogens is 3. The van der Waals surface area contributed by atoms with Crippen molar-refractivity contribution in [2.45, 2.75) is 64.6 Å². The number of hydrogen-bond donors (Lipinski definition) is 0. The van der Waals surface area contributed by atoms with E-state index < -0.39 is 72.9 Å². The topological polar surface area (TPSA) is 124 Å². The van der Waals surface area contributed by atoms with Crippen LogP contribution in [0.2, 0.25) is 0 Å². The number of rotatable bonds is 9. The normalized spacial score (nSPS) is 23.8. The minimum atomic E-state index is -4.46. The molecule has 2 rings (SSSR count). The minimum Gasteiger partial charge on any atom is -0.463 e. The highest BCUT2D eigenvalue weighted by atomic mass is 19.4. The number of ether oxygens (including phenoxy) is 6. The number of esters is 4. The fourth-order valence-electron chi connectivity index (χ4n) is 3.44. The van der Waals surface area contributed by atoms with Crippen molar-refractivity contribution in [3.8, 4) is 0 Å². The summed E-state index contributed by atoms with van der Waals surface area (Å²) in [6, 6.07) is 4.40. The van der Waals surface area contributed by atoms with Crippen molar-refractivity contribution in [3.05, 3.63) is 41.5 Å². The van der Waals surface area contributed by atoms with Crippen LogP contribution >= 0.6 is 0 Å². The molecule has 1 aliphatic heterocycles. The maximum Gasteiger partial charge on any atom is 0.416 e. The first-order chi connectivity index (χ1) is 17.3. The Bertz CT molecular complexity index is 989. The average molecular weight is 532 g/mol. The minimum absolute atomic E-state index is 0.172. The summed E-state index contributed by atoms with van der Waals surface area (Å²) in [6.07, 6.45) is -8.08. The molecule has 0 spiro atoms. The predicted octanol–water partition coefficient (Wildman–Crippen LogP) is 2.82. The molecule has 1 aliphatic rings.